The van der Waals surface area contributed by atoms with Crippen molar-refractivity contribution in [3.8, 4) is 17.6 Å². The zero-order valence-corrected chi connectivity index (χ0v) is 19.7. The van der Waals surface area contributed by atoms with Gasteiger partial charge in [-0.1, -0.05) is 17.9 Å². The van der Waals surface area contributed by atoms with Crippen molar-refractivity contribution < 1.29 is 18.3 Å². The number of rotatable bonds is 2. The Bertz CT molecular complexity index is 1390. The van der Waals surface area contributed by atoms with Crippen LogP contribution in [0.5, 0.6) is 5.75 Å². The Hall–Kier alpha value is -3.44. The highest BCUT2D eigenvalue weighted by atomic mass is 19.3. The molecule has 180 valence electrons. The van der Waals surface area contributed by atoms with E-state index in [1.807, 2.05) is 18.2 Å². The van der Waals surface area contributed by atoms with Crippen LogP contribution in [0.4, 0.5) is 8.78 Å². The van der Waals surface area contributed by atoms with Crippen LogP contribution in [-0.4, -0.2) is 59.1 Å². The molecular formula is C27H26F2N4O2. The molecule has 2 aromatic carbocycles. The van der Waals surface area contributed by atoms with E-state index in [-0.39, 0.29) is 23.7 Å². The predicted octanol–water partition coefficient (Wildman–Crippen LogP) is 4.45. The number of piperidine rings is 1. The van der Waals surface area contributed by atoms with Gasteiger partial charge in [-0.3, -0.25) is 4.79 Å². The molecule has 1 aromatic heterocycles. The molecule has 3 aliphatic heterocycles. The van der Waals surface area contributed by atoms with Crippen LogP contribution in [0.2, 0.25) is 0 Å². The van der Waals surface area contributed by atoms with Crippen LogP contribution in [0, 0.1) is 17.8 Å². The minimum Gasteiger partial charge on any atom is -0.434 e. The van der Waals surface area contributed by atoms with Crippen molar-refractivity contribution in [3.63, 3.8) is 0 Å². The number of likely N-dealkylation sites (tertiary alicyclic amines) is 1. The molecule has 3 atom stereocenters. The number of fused-ring (bicyclic) bond motifs is 9. The molecule has 3 aromatic rings. The first kappa shape index (κ1) is 22.1. The van der Waals surface area contributed by atoms with Gasteiger partial charge in [-0.25, -0.2) is 4.98 Å². The fourth-order valence-electron chi connectivity index (χ4n) is 5.83. The normalized spacial score (nSPS) is 23.6. The number of amides is 1. The smallest absolute Gasteiger partial charge is 0.387 e. The Morgan fingerprint density at radius 1 is 1.17 bits per heavy atom. The highest BCUT2D eigenvalue weighted by Crippen LogP contribution is 2.49. The molecule has 2 bridgehead atoms. The lowest BCUT2D eigenvalue weighted by atomic mass is 9.97. The number of aromatic nitrogens is 2. The van der Waals surface area contributed by atoms with Gasteiger partial charge in [-0.05, 0) is 56.8 Å². The number of hydrogen-bond acceptors (Lipinski definition) is 4. The maximum atomic E-state index is 13.3. The molecule has 0 aliphatic carbocycles. The first-order chi connectivity index (χ1) is 16.9. The number of carbonyl (C=O) groups excluding carboxylic acids is 1. The van der Waals surface area contributed by atoms with Crippen LogP contribution in [0.1, 0.15) is 58.7 Å². The van der Waals surface area contributed by atoms with Gasteiger partial charge in [0, 0.05) is 42.6 Å². The lowest BCUT2D eigenvalue weighted by Crippen LogP contribution is -2.31. The van der Waals surface area contributed by atoms with Gasteiger partial charge in [0.1, 0.15) is 11.6 Å². The van der Waals surface area contributed by atoms with E-state index in [2.05, 4.69) is 28.4 Å². The Morgan fingerprint density at radius 2 is 2.03 bits per heavy atom. The average molecular weight is 477 g/mol. The van der Waals surface area contributed by atoms with E-state index in [1.54, 1.807) is 24.1 Å². The second kappa shape index (κ2) is 8.35. The summed E-state index contributed by atoms with van der Waals surface area (Å²) in [6, 6.07) is 10.1. The summed E-state index contributed by atoms with van der Waals surface area (Å²) in [5, 5.41) is 0. The second-order valence-corrected chi connectivity index (χ2v) is 9.69. The highest BCUT2D eigenvalue weighted by molar-refractivity contribution is 5.97. The van der Waals surface area contributed by atoms with Gasteiger partial charge in [0.15, 0.2) is 0 Å². The van der Waals surface area contributed by atoms with Crippen molar-refractivity contribution in [1.82, 2.24) is 19.4 Å². The lowest BCUT2D eigenvalue weighted by molar-refractivity contribution is -0.0507. The number of alkyl halides is 2. The Kier molecular flexibility index (Phi) is 5.26. The summed E-state index contributed by atoms with van der Waals surface area (Å²) in [5.41, 5.74) is 3.47. The Balaban J connectivity index is 1.47. The van der Waals surface area contributed by atoms with Crippen molar-refractivity contribution >= 4 is 16.9 Å². The van der Waals surface area contributed by atoms with Crippen LogP contribution < -0.4 is 4.74 Å². The van der Waals surface area contributed by atoms with Gasteiger partial charge in [-0.15, -0.1) is 0 Å². The third kappa shape index (κ3) is 3.66. The SMILES string of the molecule is CN1CCCC(C#Cc2ccc3nc4n(c3c2)C2CC4N(C)C(=O)c3cccc(OC(F)F)c32)C1. The van der Waals surface area contributed by atoms with Crippen LogP contribution >= 0.6 is 0 Å². The summed E-state index contributed by atoms with van der Waals surface area (Å²) < 4.78 is 33.5. The van der Waals surface area contributed by atoms with Crippen LogP contribution in [0.15, 0.2) is 36.4 Å². The molecule has 0 saturated carbocycles. The molecule has 1 saturated heterocycles. The average Bonchev–Trinajstić information content (AvgIpc) is 3.35. The summed E-state index contributed by atoms with van der Waals surface area (Å²) in [6.07, 6.45) is 2.82. The molecule has 4 heterocycles. The van der Waals surface area contributed by atoms with Crippen LogP contribution in [0.25, 0.3) is 11.0 Å². The topological polar surface area (TPSA) is 50.6 Å². The molecule has 1 amide bonds. The first-order valence-corrected chi connectivity index (χ1v) is 12.0. The number of carbonyl (C=O) groups is 1. The molecule has 0 N–H and O–H groups in total. The molecule has 6 nitrogen and oxygen atoms in total. The molecule has 1 fully saturated rings. The fraction of sp³-hybridized carbons (Fsp3) is 0.407. The van der Waals surface area contributed by atoms with Crippen LogP contribution in [0.3, 0.4) is 0 Å². The van der Waals surface area contributed by atoms with E-state index in [0.29, 0.717) is 23.5 Å². The standard InChI is InChI=1S/C27H26F2N4O2/c1-31-12-4-5-17(15-31)9-8-16-10-11-19-20(13-16)33-21-14-22(25(33)30-19)32(2)26(34)18-6-3-7-23(24(18)21)35-27(28)29/h3,6-7,10-11,13,17,21-22,27H,4-5,12,14-15H2,1-2H3. The molecule has 3 unspecified atom stereocenters. The van der Waals surface area contributed by atoms with E-state index >= 15 is 0 Å². The van der Waals surface area contributed by atoms with Gasteiger partial charge >= 0.3 is 6.61 Å². The third-order valence-corrected chi connectivity index (χ3v) is 7.45. The van der Waals surface area contributed by atoms with Gasteiger partial charge in [0.05, 0.1) is 23.1 Å². The van der Waals surface area contributed by atoms with E-state index in [9.17, 15) is 13.6 Å². The van der Waals surface area contributed by atoms with Crippen molar-refractivity contribution in [3.05, 3.63) is 58.9 Å². The van der Waals surface area contributed by atoms with Crippen molar-refractivity contribution in [1.29, 1.82) is 0 Å². The fourth-order valence-corrected chi connectivity index (χ4v) is 5.83. The maximum Gasteiger partial charge on any atom is 0.387 e. The zero-order valence-electron chi connectivity index (χ0n) is 19.7. The van der Waals surface area contributed by atoms with E-state index in [0.717, 1.165) is 48.4 Å². The summed E-state index contributed by atoms with van der Waals surface area (Å²) >= 11 is 0. The quantitative estimate of drug-likeness (QED) is 0.513. The summed E-state index contributed by atoms with van der Waals surface area (Å²) in [7, 11) is 3.87. The predicted molar refractivity (Wildman–Crippen MR) is 127 cm³/mol. The molecular weight excluding hydrogens is 450 g/mol. The van der Waals surface area contributed by atoms with Crippen molar-refractivity contribution in [2.24, 2.45) is 5.92 Å². The monoisotopic (exact) mass is 476 g/mol. The Labute approximate surface area is 202 Å². The van der Waals surface area contributed by atoms with E-state index in [4.69, 9.17) is 9.72 Å². The summed E-state index contributed by atoms with van der Waals surface area (Å²) in [5.74, 6) is 7.71. The highest BCUT2D eigenvalue weighted by Gasteiger charge is 2.45. The number of nitrogens with zero attached hydrogens (tertiary/aromatic N) is 4. The van der Waals surface area contributed by atoms with E-state index in [1.165, 1.54) is 6.07 Å². The molecule has 35 heavy (non-hydrogen) atoms. The minimum atomic E-state index is -2.98. The van der Waals surface area contributed by atoms with Crippen molar-refractivity contribution in [2.45, 2.75) is 38.0 Å². The number of halogens is 2. The summed E-state index contributed by atoms with van der Waals surface area (Å²) in [4.78, 5) is 22.1. The van der Waals surface area contributed by atoms with Gasteiger partial charge in [0.2, 0.25) is 0 Å². The number of benzene rings is 2. The van der Waals surface area contributed by atoms with Crippen LogP contribution in [-0.2, 0) is 0 Å². The Morgan fingerprint density at radius 3 is 2.83 bits per heavy atom. The van der Waals surface area contributed by atoms with Gasteiger partial charge < -0.3 is 19.1 Å². The number of hydrogen-bond donors (Lipinski definition) is 0. The molecule has 0 radical (unpaired) electrons. The van der Waals surface area contributed by atoms with Gasteiger partial charge in [-0.2, -0.15) is 8.78 Å². The van der Waals surface area contributed by atoms with Crippen molar-refractivity contribution in [2.75, 3.05) is 27.2 Å². The zero-order chi connectivity index (χ0) is 24.3. The first-order valence-electron chi connectivity index (χ1n) is 12.0. The third-order valence-electron chi connectivity index (χ3n) is 7.45. The largest absolute Gasteiger partial charge is 0.434 e. The maximum absolute atomic E-state index is 13.3. The second-order valence-electron chi connectivity index (χ2n) is 9.69. The molecule has 0 spiro atoms. The number of ether oxygens (including phenoxy) is 1. The molecule has 6 rings (SSSR count). The van der Waals surface area contributed by atoms with E-state index < -0.39 is 6.61 Å². The molecule has 8 heteroatoms. The number of imidazole rings is 1. The molecule has 3 aliphatic rings. The summed E-state index contributed by atoms with van der Waals surface area (Å²) in [6.45, 7) is -0.885. The lowest BCUT2D eigenvalue weighted by Gasteiger charge is -2.26. The van der Waals surface area contributed by atoms with Gasteiger partial charge in [0.25, 0.3) is 5.91 Å². The minimum absolute atomic E-state index is 0.0389.